The van der Waals surface area contributed by atoms with Crippen molar-refractivity contribution in [3.05, 3.63) is 12.7 Å². The summed E-state index contributed by atoms with van der Waals surface area (Å²) in [5.74, 6) is -0.504. The van der Waals surface area contributed by atoms with Gasteiger partial charge in [-0.1, -0.05) is 51.0 Å². The Bertz CT molecular complexity index is 288. The van der Waals surface area contributed by atoms with Crippen LogP contribution in [0.15, 0.2) is 12.7 Å². The molecule has 0 bridgehead atoms. The Morgan fingerprint density at radius 2 is 1.65 bits per heavy atom. The van der Waals surface area contributed by atoms with Gasteiger partial charge in [0.25, 0.3) is 0 Å². The summed E-state index contributed by atoms with van der Waals surface area (Å²) in [4.78, 5) is 11.5. The molecular weight excluding hydrogens is 252 g/mol. The number of hydrogen-bond acceptors (Lipinski definition) is 3. The van der Waals surface area contributed by atoms with Gasteiger partial charge in [-0.05, 0) is 26.2 Å². The second-order valence-electron chi connectivity index (χ2n) is 5.93. The van der Waals surface area contributed by atoms with Gasteiger partial charge < -0.3 is 9.84 Å². The molecule has 0 unspecified atom stereocenters. The quantitative estimate of drug-likeness (QED) is 0.354. The number of carbonyl (C=O) groups excluding carboxylic acids is 1. The summed E-state index contributed by atoms with van der Waals surface area (Å²) < 4.78 is 5.03. The van der Waals surface area contributed by atoms with Crippen LogP contribution in [0.4, 0.5) is 0 Å². The Morgan fingerprint density at radius 1 is 1.10 bits per heavy atom. The number of cyclic esters (lactones) is 1. The SMILES string of the molecule is C=CCCCCCCCCCC[C@H]1C(=O)O[C@@H](C)[C@@H]1O. The van der Waals surface area contributed by atoms with Crippen molar-refractivity contribution >= 4 is 5.97 Å². The molecule has 116 valence electrons. The normalized spacial score (nSPS) is 25.7. The number of unbranched alkanes of at least 4 members (excludes halogenated alkanes) is 8. The number of carbonyl (C=O) groups is 1. The molecule has 20 heavy (non-hydrogen) atoms. The topological polar surface area (TPSA) is 46.5 Å². The molecule has 0 radical (unpaired) electrons. The van der Waals surface area contributed by atoms with Crippen LogP contribution in [0.5, 0.6) is 0 Å². The molecule has 1 rings (SSSR count). The molecule has 0 saturated carbocycles. The number of rotatable bonds is 11. The Morgan fingerprint density at radius 3 is 2.15 bits per heavy atom. The van der Waals surface area contributed by atoms with Crippen molar-refractivity contribution < 1.29 is 14.6 Å². The summed E-state index contributed by atoms with van der Waals surface area (Å²) in [6.45, 7) is 5.48. The predicted molar refractivity (Wildman–Crippen MR) is 81.4 cm³/mol. The van der Waals surface area contributed by atoms with Gasteiger partial charge in [0, 0.05) is 0 Å². The first-order valence-electron chi connectivity index (χ1n) is 8.16. The standard InChI is InChI=1S/C17H30O3/c1-3-4-5-6-7-8-9-10-11-12-13-15-16(18)14(2)20-17(15)19/h3,14-16,18H,1,4-13H2,2H3/t14-,15+,16-/m0/s1. The fourth-order valence-electron chi connectivity index (χ4n) is 2.81. The summed E-state index contributed by atoms with van der Waals surface area (Å²) >= 11 is 0. The number of ether oxygens (including phenoxy) is 1. The number of esters is 1. The third-order valence-electron chi connectivity index (χ3n) is 4.17. The smallest absolute Gasteiger partial charge is 0.312 e. The maximum absolute atomic E-state index is 11.5. The van der Waals surface area contributed by atoms with Crippen LogP contribution in [0, 0.1) is 5.92 Å². The summed E-state index contributed by atoms with van der Waals surface area (Å²) in [6.07, 6.45) is 12.8. The molecule has 1 saturated heterocycles. The zero-order valence-corrected chi connectivity index (χ0v) is 12.9. The van der Waals surface area contributed by atoms with Gasteiger partial charge in [-0.3, -0.25) is 4.79 Å². The second-order valence-corrected chi connectivity index (χ2v) is 5.93. The van der Waals surface area contributed by atoms with Gasteiger partial charge in [-0.2, -0.15) is 0 Å². The molecule has 1 N–H and O–H groups in total. The number of aliphatic hydroxyl groups excluding tert-OH is 1. The van der Waals surface area contributed by atoms with Gasteiger partial charge in [-0.15, -0.1) is 6.58 Å². The van der Waals surface area contributed by atoms with Crippen LogP contribution in [-0.2, 0) is 9.53 Å². The predicted octanol–water partition coefficient (Wildman–Crippen LogP) is 4.00. The Hall–Kier alpha value is -0.830. The summed E-state index contributed by atoms with van der Waals surface area (Å²) in [7, 11) is 0. The van der Waals surface area contributed by atoms with Crippen LogP contribution in [0.3, 0.4) is 0 Å². The fourth-order valence-corrected chi connectivity index (χ4v) is 2.81. The van der Waals surface area contributed by atoms with E-state index in [1.807, 2.05) is 6.08 Å². The molecule has 0 amide bonds. The highest BCUT2D eigenvalue weighted by molar-refractivity contribution is 5.75. The molecule has 1 aliphatic rings. The average molecular weight is 282 g/mol. The highest BCUT2D eigenvalue weighted by atomic mass is 16.6. The summed E-state index contributed by atoms with van der Waals surface area (Å²) in [5, 5.41) is 9.82. The van der Waals surface area contributed by atoms with E-state index in [2.05, 4.69) is 6.58 Å². The molecule has 1 aliphatic heterocycles. The van der Waals surface area contributed by atoms with Crippen LogP contribution in [-0.4, -0.2) is 23.3 Å². The zero-order chi connectivity index (χ0) is 14.8. The van der Waals surface area contributed by atoms with E-state index in [0.717, 1.165) is 25.7 Å². The van der Waals surface area contributed by atoms with Crippen molar-refractivity contribution in [3.8, 4) is 0 Å². The summed E-state index contributed by atoms with van der Waals surface area (Å²) in [6, 6.07) is 0. The zero-order valence-electron chi connectivity index (χ0n) is 12.9. The van der Waals surface area contributed by atoms with E-state index in [1.54, 1.807) is 6.92 Å². The Balaban J connectivity index is 1.92. The van der Waals surface area contributed by atoms with Crippen molar-refractivity contribution in [2.75, 3.05) is 0 Å². The molecule has 0 aromatic carbocycles. The molecule has 3 nitrogen and oxygen atoms in total. The molecule has 0 aromatic heterocycles. The Labute approximate surface area is 123 Å². The first-order chi connectivity index (χ1) is 9.66. The van der Waals surface area contributed by atoms with E-state index >= 15 is 0 Å². The van der Waals surface area contributed by atoms with Gasteiger partial charge in [-0.25, -0.2) is 0 Å². The van der Waals surface area contributed by atoms with Crippen molar-refractivity contribution in [1.29, 1.82) is 0 Å². The average Bonchev–Trinajstić information content (AvgIpc) is 2.67. The second kappa shape index (κ2) is 9.98. The fraction of sp³-hybridized carbons (Fsp3) is 0.824. The van der Waals surface area contributed by atoms with Gasteiger partial charge in [0.2, 0.25) is 0 Å². The number of aliphatic hydroxyl groups is 1. The third kappa shape index (κ3) is 6.08. The highest BCUT2D eigenvalue weighted by Gasteiger charge is 2.40. The lowest BCUT2D eigenvalue weighted by atomic mass is 9.95. The van der Waals surface area contributed by atoms with Gasteiger partial charge in [0.15, 0.2) is 0 Å². The van der Waals surface area contributed by atoms with Gasteiger partial charge in [0.1, 0.15) is 12.2 Å². The van der Waals surface area contributed by atoms with E-state index in [-0.39, 0.29) is 18.0 Å². The van der Waals surface area contributed by atoms with E-state index in [0.29, 0.717) is 0 Å². The molecule has 3 atom stereocenters. The van der Waals surface area contributed by atoms with Crippen LogP contribution in [0.2, 0.25) is 0 Å². The lowest BCUT2D eigenvalue weighted by Crippen LogP contribution is -2.24. The third-order valence-corrected chi connectivity index (χ3v) is 4.17. The maximum Gasteiger partial charge on any atom is 0.312 e. The van der Waals surface area contributed by atoms with Crippen LogP contribution < -0.4 is 0 Å². The minimum absolute atomic E-state index is 0.216. The van der Waals surface area contributed by atoms with Crippen molar-refractivity contribution in [2.45, 2.75) is 83.3 Å². The number of allylic oxidation sites excluding steroid dienone is 1. The minimum atomic E-state index is -0.604. The van der Waals surface area contributed by atoms with Crippen molar-refractivity contribution in [3.63, 3.8) is 0 Å². The Kier molecular flexibility index (Phi) is 8.59. The lowest BCUT2D eigenvalue weighted by molar-refractivity contribution is -0.143. The largest absolute Gasteiger partial charge is 0.460 e. The van der Waals surface area contributed by atoms with Gasteiger partial charge in [0.05, 0.1) is 5.92 Å². The van der Waals surface area contributed by atoms with E-state index in [9.17, 15) is 9.90 Å². The van der Waals surface area contributed by atoms with E-state index < -0.39 is 6.10 Å². The minimum Gasteiger partial charge on any atom is -0.460 e. The molecule has 0 aliphatic carbocycles. The van der Waals surface area contributed by atoms with Crippen LogP contribution >= 0.6 is 0 Å². The molecular formula is C17H30O3. The van der Waals surface area contributed by atoms with Crippen molar-refractivity contribution in [1.82, 2.24) is 0 Å². The van der Waals surface area contributed by atoms with Crippen LogP contribution in [0.1, 0.15) is 71.1 Å². The van der Waals surface area contributed by atoms with Crippen molar-refractivity contribution in [2.24, 2.45) is 5.92 Å². The van der Waals surface area contributed by atoms with E-state index in [4.69, 9.17) is 4.74 Å². The first-order valence-corrected chi connectivity index (χ1v) is 8.16. The lowest BCUT2D eigenvalue weighted by Gasteiger charge is -2.11. The van der Waals surface area contributed by atoms with Crippen LogP contribution in [0.25, 0.3) is 0 Å². The van der Waals surface area contributed by atoms with Gasteiger partial charge >= 0.3 is 5.97 Å². The molecule has 1 fully saturated rings. The molecule has 0 spiro atoms. The summed E-state index contributed by atoms with van der Waals surface area (Å²) in [5.41, 5.74) is 0. The molecule has 0 aromatic rings. The molecule has 3 heteroatoms. The highest BCUT2D eigenvalue weighted by Crippen LogP contribution is 2.26. The van der Waals surface area contributed by atoms with E-state index in [1.165, 1.54) is 38.5 Å². The molecule has 1 heterocycles. The number of hydrogen-bond donors (Lipinski definition) is 1. The first kappa shape index (κ1) is 17.2. The monoisotopic (exact) mass is 282 g/mol. The maximum atomic E-state index is 11.5.